The fourth-order valence-corrected chi connectivity index (χ4v) is 5.34. The van der Waals surface area contributed by atoms with Crippen LogP contribution in [0.2, 0.25) is 10.0 Å². The number of ether oxygens (including phenoxy) is 1. The van der Waals surface area contributed by atoms with Gasteiger partial charge < -0.3 is 14.9 Å². The topological polar surface area (TPSA) is 83.8 Å². The minimum Gasteiger partial charge on any atom is -0.508 e. The van der Waals surface area contributed by atoms with Crippen LogP contribution in [0.1, 0.15) is 31.9 Å². The van der Waals surface area contributed by atoms with E-state index in [-0.39, 0.29) is 16.6 Å². The van der Waals surface area contributed by atoms with Crippen LogP contribution >= 0.6 is 34.5 Å². The molecule has 172 valence electrons. The normalized spacial score (nSPS) is 11.3. The van der Waals surface area contributed by atoms with Crippen molar-refractivity contribution < 1.29 is 24.5 Å². The summed E-state index contributed by atoms with van der Waals surface area (Å²) in [5.74, 6) is -0.583. The smallest absolute Gasteiger partial charge is 0.328 e. The van der Waals surface area contributed by atoms with Gasteiger partial charge in [-0.2, -0.15) is 0 Å². The Morgan fingerprint density at radius 3 is 2.35 bits per heavy atom. The predicted molar refractivity (Wildman–Crippen MR) is 136 cm³/mol. The quantitative estimate of drug-likeness (QED) is 0.204. The van der Waals surface area contributed by atoms with Crippen LogP contribution in [0.4, 0.5) is 0 Å². The Balaban J connectivity index is 1.83. The Labute approximate surface area is 209 Å². The van der Waals surface area contributed by atoms with Gasteiger partial charge in [0.1, 0.15) is 16.4 Å². The number of phenolic OH excluding ortho intramolecular Hbond substituents is 1. The van der Waals surface area contributed by atoms with Crippen molar-refractivity contribution in [1.82, 2.24) is 0 Å². The molecular formula is C26H18Cl2O5S. The van der Waals surface area contributed by atoms with Crippen molar-refractivity contribution in [3.63, 3.8) is 0 Å². The minimum absolute atomic E-state index is 0.0748. The van der Waals surface area contributed by atoms with Gasteiger partial charge in [-0.15, -0.1) is 11.3 Å². The number of aryl methyl sites for hydroxylation is 2. The van der Waals surface area contributed by atoms with Crippen molar-refractivity contribution in [2.45, 2.75) is 13.8 Å². The Bertz CT molecular complexity index is 1460. The maximum Gasteiger partial charge on any atom is 0.328 e. The number of aliphatic carboxylic acids is 1. The number of benzene rings is 3. The molecule has 0 amide bonds. The van der Waals surface area contributed by atoms with Crippen molar-refractivity contribution in [1.29, 1.82) is 0 Å². The fourth-order valence-electron chi connectivity index (χ4n) is 3.68. The molecule has 0 saturated carbocycles. The summed E-state index contributed by atoms with van der Waals surface area (Å²) in [6, 6.07) is 13.1. The maximum absolute atomic E-state index is 13.7. The number of halogens is 2. The van der Waals surface area contributed by atoms with Gasteiger partial charge in [0, 0.05) is 26.7 Å². The highest BCUT2D eigenvalue weighted by atomic mass is 35.5. The molecule has 1 heterocycles. The van der Waals surface area contributed by atoms with E-state index in [2.05, 4.69) is 0 Å². The first kappa shape index (κ1) is 23.8. The summed E-state index contributed by atoms with van der Waals surface area (Å²) < 4.78 is 6.85. The van der Waals surface area contributed by atoms with Gasteiger partial charge in [0.2, 0.25) is 5.78 Å². The van der Waals surface area contributed by atoms with E-state index in [1.165, 1.54) is 23.5 Å². The van der Waals surface area contributed by atoms with Gasteiger partial charge >= 0.3 is 5.97 Å². The molecule has 0 fully saturated rings. The number of phenols is 1. The van der Waals surface area contributed by atoms with Crippen molar-refractivity contribution in [3.8, 4) is 17.2 Å². The molecule has 0 atom stereocenters. The van der Waals surface area contributed by atoms with Gasteiger partial charge in [0.25, 0.3) is 0 Å². The lowest BCUT2D eigenvalue weighted by Crippen LogP contribution is -2.06. The van der Waals surface area contributed by atoms with Gasteiger partial charge in [0.15, 0.2) is 5.75 Å². The lowest BCUT2D eigenvalue weighted by Gasteiger charge is -2.12. The second-order valence-electron chi connectivity index (χ2n) is 7.65. The van der Waals surface area contributed by atoms with E-state index in [9.17, 15) is 14.7 Å². The van der Waals surface area contributed by atoms with Crippen molar-refractivity contribution >= 4 is 62.5 Å². The highest BCUT2D eigenvalue weighted by molar-refractivity contribution is 7.21. The molecule has 0 saturated heterocycles. The molecule has 0 bridgehead atoms. The largest absolute Gasteiger partial charge is 0.508 e. The van der Waals surface area contributed by atoms with E-state index in [0.717, 1.165) is 17.2 Å². The van der Waals surface area contributed by atoms with E-state index < -0.39 is 5.97 Å². The van der Waals surface area contributed by atoms with Gasteiger partial charge in [-0.05, 0) is 79.1 Å². The zero-order valence-corrected chi connectivity index (χ0v) is 20.4. The second kappa shape index (κ2) is 9.50. The first-order chi connectivity index (χ1) is 16.1. The first-order valence-electron chi connectivity index (χ1n) is 10.1. The molecule has 0 unspecified atom stereocenters. The average molecular weight is 513 g/mol. The number of thiophene rings is 1. The molecule has 34 heavy (non-hydrogen) atoms. The van der Waals surface area contributed by atoms with Crippen LogP contribution in [0.5, 0.6) is 17.2 Å². The number of carboxylic acids is 1. The Morgan fingerprint density at radius 1 is 1.00 bits per heavy atom. The molecule has 5 nitrogen and oxygen atoms in total. The minimum atomic E-state index is -1.07. The molecule has 0 aliphatic rings. The molecule has 0 spiro atoms. The maximum atomic E-state index is 13.7. The number of hydrogen-bond donors (Lipinski definition) is 2. The summed E-state index contributed by atoms with van der Waals surface area (Å²) in [5, 5.41) is 20.2. The predicted octanol–water partition coefficient (Wildman–Crippen LogP) is 7.65. The molecule has 2 N–H and O–H groups in total. The second-order valence-corrected chi connectivity index (χ2v) is 9.54. The molecule has 8 heteroatoms. The Kier molecular flexibility index (Phi) is 6.66. The Morgan fingerprint density at radius 2 is 1.71 bits per heavy atom. The van der Waals surface area contributed by atoms with E-state index in [0.29, 0.717) is 42.6 Å². The van der Waals surface area contributed by atoms with E-state index in [1.807, 2.05) is 13.8 Å². The number of carboxylic acid groups (broad SMARTS) is 1. The molecule has 0 aliphatic carbocycles. The third-order valence-corrected chi connectivity index (χ3v) is 6.79. The van der Waals surface area contributed by atoms with E-state index >= 15 is 0 Å². The number of aromatic hydroxyl groups is 1. The zero-order chi connectivity index (χ0) is 24.6. The van der Waals surface area contributed by atoms with Crippen LogP contribution in [0.25, 0.3) is 16.2 Å². The van der Waals surface area contributed by atoms with Gasteiger partial charge in [-0.25, -0.2) is 4.79 Å². The lowest BCUT2D eigenvalue weighted by molar-refractivity contribution is -0.131. The van der Waals surface area contributed by atoms with Crippen molar-refractivity contribution in [2.24, 2.45) is 0 Å². The van der Waals surface area contributed by atoms with Crippen LogP contribution in [-0.4, -0.2) is 22.0 Å². The summed E-state index contributed by atoms with van der Waals surface area (Å²) in [5.41, 5.74) is 2.61. The highest BCUT2D eigenvalue weighted by Gasteiger charge is 2.25. The molecule has 0 radical (unpaired) electrons. The highest BCUT2D eigenvalue weighted by Crippen LogP contribution is 2.44. The summed E-state index contributed by atoms with van der Waals surface area (Å²) in [6.45, 7) is 3.65. The van der Waals surface area contributed by atoms with Crippen LogP contribution in [0.3, 0.4) is 0 Å². The summed E-state index contributed by atoms with van der Waals surface area (Å²) in [6.07, 6.45) is 2.43. The number of hydrogen-bond acceptors (Lipinski definition) is 5. The fraction of sp³-hybridized carbons (Fsp3) is 0.0769. The van der Waals surface area contributed by atoms with Crippen molar-refractivity contribution in [3.05, 3.63) is 91.8 Å². The summed E-state index contributed by atoms with van der Waals surface area (Å²) in [7, 11) is 0. The summed E-state index contributed by atoms with van der Waals surface area (Å²) in [4.78, 5) is 24.8. The van der Waals surface area contributed by atoms with E-state index in [4.69, 9.17) is 33.0 Å². The number of rotatable bonds is 6. The van der Waals surface area contributed by atoms with Gasteiger partial charge in [0.05, 0.1) is 5.02 Å². The zero-order valence-electron chi connectivity index (χ0n) is 18.1. The van der Waals surface area contributed by atoms with Crippen LogP contribution < -0.4 is 4.74 Å². The monoisotopic (exact) mass is 512 g/mol. The molecule has 4 aromatic rings. The first-order valence-corrected chi connectivity index (χ1v) is 11.7. The third kappa shape index (κ3) is 4.80. The van der Waals surface area contributed by atoms with E-state index in [1.54, 1.807) is 42.5 Å². The molecule has 4 rings (SSSR count). The Hall–Kier alpha value is -3.32. The molecular weight excluding hydrogens is 495 g/mol. The molecule has 3 aromatic carbocycles. The SMILES string of the molecule is Cc1cc(Cl)cc(C)c1C(=O)c1sc2cc(O)ccc2c1Oc1ccc(/C=C/C(=O)O)cc1Cl. The van der Waals surface area contributed by atoms with Gasteiger partial charge in [-0.1, -0.05) is 29.3 Å². The van der Waals surface area contributed by atoms with Gasteiger partial charge in [-0.3, -0.25) is 4.79 Å². The lowest BCUT2D eigenvalue weighted by atomic mass is 9.98. The molecule has 1 aromatic heterocycles. The molecule has 0 aliphatic heterocycles. The van der Waals surface area contributed by atoms with Crippen LogP contribution in [0.15, 0.2) is 54.6 Å². The van der Waals surface area contributed by atoms with Crippen LogP contribution in [0, 0.1) is 13.8 Å². The standard InChI is InChI=1S/C26H18Cl2O5S/c1-13-9-16(27)10-14(2)23(13)24(32)26-25(18-6-5-17(29)12-21(18)34-26)33-20-7-3-15(11-19(20)28)4-8-22(30)31/h3-12,29H,1-2H3,(H,30,31)/b8-4+. The summed E-state index contributed by atoms with van der Waals surface area (Å²) >= 11 is 13.8. The number of ketones is 1. The number of carbonyl (C=O) groups excluding carboxylic acids is 1. The number of fused-ring (bicyclic) bond motifs is 1. The average Bonchev–Trinajstić information content (AvgIpc) is 3.10. The van der Waals surface area contributed by atoms with Crippen LogP contribution in [-0.2, 0) is 4.79 Å². The van der Waals surface area contributed by atoms with Crippen molar-refractivity contribution in [2.75, 3.05) is 0 Å². The number of carbonyl (C=O) groups is 2. The third-order valence-electron chi connectivity index (χ3n) is 5.15.